The van der Waals surface area contributed by atoms with Crippen LogP contribution in [0, 0.1) is 10.1 Å². The number of piperidine rings is 1. The lowest BCUT2D eigenvalue weighted by atomic mass is 10.00. The van der Waals surface area contributed by atoms with Gasteiger partial charge in [-0.2, -0.15) is 0 Å². The van der Waals surface area contributed by atoms with Gasteiger partial charge in [0.1, 0.15) is 0 Å². The molecule has 0 saturated carbocycles. The number of nitrogens with zero attached hydrogens (tertiary/aromatic N) is 2. The van der Waals surface area contributed by atoms with Gasteiger partial charge in [0, 0.05) is 18.2 Å². The Morgan fingerprint density at radius 3 is 2.89 bits per heavy atom. The molecular weight excluding hydrogens is 248 g/mol. The van der Waals surface area contributed by atoms with E-state index >= 15 is 0 Å². The zero-order chi connectivity index (χ0) is 14.0. The van der Waals surface area contributed by atoms with Crippen LogP contribution in [0.4, 0.5) is 5.82 Å². The van der Waals surface area contributed by atoms with Crippen molar-refractivity contribution in [1.29, 1.82) is 0 Å². The number of nitro groups is 1. The first-order valence-electron chi connectivity index (χ1n) is 6.35. The predicted octanol–water partition coefficient (Wildman–Crippen LogP) is 0.804. The van der Waals surface area contributed by atoms with E-state index in [0.29, 0.717) is 5.69 Å². The molecule has 0 radical (unpaired) electrons. The first kappa shape index (κ1) is 13.5. The maximum atomic E-state index is 12.1. The van der Waals surface area contributed by atoms with Crippen LogP contribution in [0.5, 0.6) is 0 Å². The van der Waals surface area contributed by atoms with Gasteiger partial charge in [0.25, 0.3) is 5.91 Å². The van der Waals surface area contributed by atoms with Crippen molar-refractivity contribution in [2.24, 2.45) is 7.05 Å². The van der Waals surface area contributed by atoms with Crippen LogP contribution in [0.15, 0.2) is 12.1 Å². The van der Waals surface area contributed by atoms with Crippen LogP contribution in [0.3, 0.4) is 0 Å². The normalized spacial score (nSPS) is 23.1. The number of amides is 1. The third kappa shape index (κ3) is 2.76. The minimum absolute atomic E-state index is 0.0650. The van der Waals surface area contributed by atoms with Crippen molar-refractivity contribution in [2.45, 2.75) is 31.8 Å². The molecular formula is C12H18N4O3. The molecule has 1 aromatic rings. The van der Waals surface area contributed by atoms with Crippen molar-refractivity contribution in [1.82, 2.24) is 15.2 Å². The topological polar surface area (TPSA) is 89.2 Å². The molecule has 2 N–H and O–H groups in total. The fourth-order valence-electron chi connectivity index (χ4n) is 2.40. The van der Waals surface area contributed by atoms with Crippen LogP contribution < -0.4 is 10.6 Å². The van der Waals surface area contributed by atoms with E-state index in [1.54, 1.807) is 0 Å². The SMILES string of the molecule is CC1NCCCC1NC(=O)c1ccc([N+](=O)[O-])n1C. The second-order valence-electron chi connectivity index (χ2n) is 4.86. The smallest absolute Gasteiger partial charge is 0.323 e. The van der Waals surface area contributed by atoms with Gasteiger partial charge in [-0.3, -0.25) is 4.79 Å². The molecule has 0 aromatic carbocycles. The highest BCUT2D eigenvalue weighted by atomic mass is 16.6. The summed E-state index contributed by atoms with van der Waals surface area (Å²) in [7, 11) is 1.52. The van der Waals surface area contributed by atoms with Crippen molar-refractivity contribution in [2.75, 3.05) is 6.54 Å². The summed E-state index contributed by atoms with van der Waals surface area (Å²) in [6.07, 6.45) is 1.94. The Bertz CT molecular complexity index is 497. The fraction of sp³-hybridized carbons (Fsp3) is 0.583. The summed E-state index contributed by atoms with van der Waals surface area (Å²) in [6, 6.07) is 3.11. The monoisotopic (exact) mass is 266 g/mol. The second kappa shape index (κ2) is 5.40. The maximum Gasteiger partial charge on any atom is 0.323 e. The molecule has 1 aliphatic heterocycles. The maximum absolute atomic E-state index is 12.1. The molecule has 104 valence electrons. The first-order chi connectivity index (χ1) is 9.00. The molecule has 1 amide bonds. The second-order valence-corrected chi connectivity index (χ2v) is 4.86. The number of carbonyl (C=O) groups excluding carboxylic acids is 1. The summed E-state index contributed by atoms with van der Waals surface area (Å²) in [5.41, 5.74) is 0.310. The van der Waals surface area contributed by atoms with Gasteiger partial charge < -0.3 is 20.7 Å². The standard InChI is InChI=1S/C12H18N4O3/c1-8-9(4-3-7-13-8)14-12(17)10-5-6-11(15(10)2)16(18)19/h5-6,8-9,13H,3-4,7H2,1-2H3,(H,14,17). The summed E-state index contributed by atoms with van der Waals surface area (Å²) < 4.78 is 1.30. The van der Waals surface area contributed by atoms with Crippen LogP contribution in [-0.2, 0) is 7.05 Å². The number of carbonyl (C=O) groups is 1. The molecule has 1 fully saturated rings. The van der Waals surface area contributed by atoms with Crippen molar-refractivity contribution in [3.8, 4) is 0 Å². The Kier molecular flexibility index (Phi) is 3.84. The Balaban J connectivity index is 2.09. The molecule has 2 atom stereocenters. The Hall–Kier alpha value is -1.89. The van der Waals surface area contributed by atoms with Gasteiger partial charge in [-0.1, -0.05) is 0 Å². The highest BCUT2D eigenvalue weighted by Gasteiger charge is 2.26. The van der Waals surface area contributed by atoms with E-state index in [9.17, 15) is 14.9 Å². The van der Waals surface area contributed by atoms with Crippen molar-refractivity contribution < 1.29 is 9.72 Å². The highest BCUT2D eigenvalue weighted by Crippen LogP contribution is 2.16. The first-order valence-corrected chi connectivity index (χ1v) is 6.35. The fourth-order valence-corrected chi connectivity index (χ4v) is 2.40. The van der Waals surface area contributed by atoms with Crippen LogP contribution >= 0.6 is 0 Å². The molecule has 7 heteroatoms. The molecule has 2 heterocycles. The Labute approximate surface area is 111 Å². The zero-order valence-corrected chi connectivity index (χ0v) is 11.0. The third-order valence-electron chi connectivity index (χ3n) is 3.59. The van der Waals surface area contributed by atoms with Gasteiger partial charge in [0.15, 0.2) is 5.69 Å². The summed E-state index contributed by atoms with van der Waals surface area (Å²) in [5, 5.41) is 17.0. The molecule has 2 rings (SSSR count). The molecule has 1 saturated heterocycles. The highest BCUT2D eigenvalue weighted by molar-refractivity contribution is 5.93. The summed E-state index contributed by atoms with van der Waals surface area (Å²) in [6.45, 7) is 2.99. The average Bonchev–Trinajstić information content (AvgIpc) is 2.74. The quantitative estimate of drug-likeness (QED) is 0.625. The summed E-state index contributed by atoms with van der Waals surface area (Å²) in [4.78, 5) is 22.4. The Morgan fingerprint density at radius 2 is 2.32 bits per heavy atom. The van der Waals surface area contributed by atoms with E-state index in [1.807, 2.05) is 6.92 Å². The van der Waals surface area contributed by atoms with Gasteiger partial charge >= 0.3 is 5.82 Å². The lowest BCUT2D eigenvalue weighted by Gasteiger charge is -2.30. The third-order valence-corrected chi connectivity index (χ3v) is 3.59. The lowest BCUT2D eigenvalue weighted by Crippen LogP contribution is -2.52. The number of nitrogens with one attached hydrogen (secondary N) is 2. The van der Waals surface area contributed by atoms with E-state index < -0.39 is 4.92 Å². The predicted molar refractivity (Wildman–Crippen MR) is 70.0 cm³/mol. The lowest BCUT2D eigenvalue weighted by molar-refractivity contribution is -0.391. The van der Waals surface area contributed by atoms with E-state index in [0.717, 1.165) is 19.4 Å². The molecule has 7 nitrogen and oxygen atoms in total. The van der Waals surface area contributed by atoms with Gasteiger partial charge in [-0.05, 0) is 37.3 Å². The molecule has 2 unspecified atom stereocenters. The minimum Gasteiger partial charge on any atom is -0.358 e. The Morgan fingerprint density at radius 1 is 1.58 bits per heavy atom. The van der Waals surface area contributed by atoms with Crippen LogP contribution in [0.2, 0.25) is 0 Å². The van der Waals surface area contributed by atoms with Gasteiger partial charge in [0.2, 0.25) is 0 Å². The van der Waals surface area contributed by atoms with E-state index in [4.69, 9.17) is 0 Å². The molecule has 0 spiro atoms. The van der Waals surface area contributed by atoms with Crippen molar-refractivity contribution in [3.63, 3.8) is 0 Å². The summed E-state index contributed by atoms with van der Waals surface area (Å²) >= 11 is 0. The largest absolute Gasteiger partial charge is 0.358 e. The molecule has 0 aliphatic carbocycles. The zero-order valence-electron chi connectivity index (χ0n) is 11.0. The number of hydrogen-bond acceptors (Lipinski definition) is 4. The van der Waals surface area contributed by atoms with Crippen molar-refractivity contribution in [3.05, 3.63) is 27.9 Å². The van der Waals surface area contributed by atoms with E-state index in [-0.39, 0.29) is 23.8 Å². The van der Waals surface area contributed by atoms with Gasteiger partial charge in [-0.25, -0.2) is 4.57 Å². The average molecular weight is 266 g/mol. The minimum atomic E-state index is -0.498. The summed E-state index contributed by atoms with van der Waals surface area (Å²) in [5.74, 6) is -0.351. The van der Waals surface area contributed by atoms with Gasteiger partial charge in [-0.15, -0.1) is 0 Å². The van der Waals surface area contributed by atoms with Crippen molar-refractivity contribution >= 4 is 11.7 Å². The number of aromatic nitrogens is 1. The molecule has 19 heavy (non-hydrogen) atoms. The van der Waals surface area contributed by atoms with E-state index in [1.165, 1.54) is 23.7 Å². The number of hydrogen-bond donors (Lipinski definition) is 2. The van der Waals surface area contributed by atoms with Crippen LogP contribution in [-0.4, -0.2) is 34.0 Å². The molecule has 1 aliphatic rings. The molecule has 0 bridgehead atoms. The molecule has 1 aromatic heterocycles. The number of rotatable bonds is 3. The van der Waals surface area contributed by atoms with Gasteiger partial charge in [0.05, 0.1) is 7.05 Å². The van der Waals surface area contributed by atoms with E-state index in [2.05, 4.69) is 10.6 Å². The van der Waals surface area contributed by atoms with Crippen LogP contribution in [0.1, 0.15) is 30.3 Å². The van der Waals surface area contributed by atoms with Crippen LogP contribution in [0.25, 0.3) is 0 Å².